The summed E-state index contributed by atoms with van der Waals surface area (Å²) in [6.45, 7) is 3.97. The Labute approximate surface area is 186 Å². The van der Waals surface area contributed by atoms with Gasteiger partial charge in [0.1, 0.15) is 10.5 Å². The minimum atomic E-state index is -1.24. The van der Waals surface area contributed by atoms with Crippen molar-refractivity contribution in [2.24, 2.45) is 0 Å². The van der Waals surface area contributed by atoms with Crippen LogP contribution in [0.25, 0.3) is 27.8 Å². The lowest BCUT2D eigenvalue weighted by Gasteiger charge is -2.34. The van der Waals surface area contributed by atoms with Crippen LogP contribution in [0.5, 0.6) is 0 Å². The summed E-state index contributed by atoms with van der Waals surface area (Å²) in [5.41, 5.74) is 2.64. The molecule has 1 aliphatic heterocycles. The van der Waals surface area contributed by atoms with Crippen LogP contribution in [0.3, 0.4) is 0 Å². The number of anilines is 1. The summed E-state index contributed by atoms with van der Waals surface area (Å²) < 4.78 is 24.6. The molecule has 0 radical (unpaired) electrons. The van der Waals surface area contributed by atoms with Crippen LogP contribution in [-0.4, -0.2) is 68.9 Å². The molecule has 1 N–H and O–H groups in total. The summed E-state index contributed by atoms with van der Waals surface area (Å²) in [6, 6.07) is 9.24. The lowest BCUT2D eigenvalue weighted by Crippen LogP contribution is -2.44. The zero-order chi connectivity index (χ0) is 22.4. The third-order valence-electron chi connectivity index (χ3n) is 5.72. The fourth-order valence-corrected chi connectivity index (χ4v) is 4.77. The number of carbonyl (C=O) groups is 1. The fraction of sp³-hybridized carbons (Fsp3) is 0.318. The number of benzene rings is 1. The summed E-state index contributed by atoms with van der Waals surface area (Å²) in [5.74, 6) is 0.737. The first kappa shape index (κ1) is 20.7. The highest BCUT2D eigenvalue weighted by atomic mass is 32.2. The van der Waals surface area contributed by atoms with Crippen LogP contribution in [0.1, 0.15) is 17.3 Å². The number of carbonyl (C=O) groups excluding carboxylic acids is 1. The lowest BCUT2D eigenvalue weighted by molar-refractivity contribution is 0.0601. The Bertz CT molecular complexity index is 1360. The van der Waals surface area contributed by atoms with Crippen molar-refractivity contribution in [2.75, 3.05) is 38.0 Å². The average molecular weight is 454 g/mol. The van der Waals surface area contributed by atoms with E-state index in [9.17, 15) is 9.00 Å². The summed E-state index contributed by atoms with van der Waals surface area (Å²) in [4.78, 5) is 22.6. The first-order valence-corrected chi connectivity index (χ1v) is 11.8. The highest BCUT2D eigenvalue weighted by molar-refractivity contribution is 7.84. The molecule has 1 fully saturated rings. The van der Waals surface area contributed by atoms with Gasteiger partial charge in [-0.2, -0.15) is 0 Å². The summed E-state index contributed by atoms with van der Waals surface area (Å²) in [5, 5.41) is 6.21. The van der Waals surface area contributed by atoms with E-state index in [0.29, 0.717) is 41.7 Å². The maximum Gasteiger partial charge on any atom is 0.337 e. The molecule has 4 heterocycles. The number of nitrogens with one attached hydrogen (secondary N) is 1. The molecule has 166 valence electrons. The Kier molecular flexibility index (Phi) is 5.18. The minimum absolute atomic E-state index is 0.120. The van der Waals surface area contributed by atoms with E-state index in [0.717, 1.165) is 22.2 Å². The molecule has 0 aliphatic carbocycles. The molecule has 1 saturated heterocycles. The largest absolute Gasteiger partial charge is 0.465 e. The van der Waals surface area contributed by atoms with Crippen LogP contribution in [0.2, 0.25) is 0 Å². The van der Waals surface area contributed by atoms with Gasteiger partial charge in [0.05, 0.1) is 42.7 Å². The van der Waals surface area contributed by atoms with Gasteiger partial charge >= 0.3 is 5.97 Å². The molecule has 10 heteroatoms. The number of rotatable bonds is 4. The molecule has 2 atom stereocenters. The van der Waals surface area contributed by atoms with Gasteiger partial charge in [-0.3, -0.25) is 4.21 Å². The molecular formula is C22H23N5O4S. The molecule has 1 aliphatic rings. The minimum Gasteiger partial charge on any atom is -0.465 e. The number of H-pyrrole nitrogens is 1. The van der Waals surface area contributed by atoms with Crippen molar-refractivity contribution in [3.63, 3.8) is 0 Å². The molecule has 0 amide bonds. The number of aromatic nitrogens is 4. The number of aromatic amines is 1. The lowest BCUT2D eigenvalue weighted by atomic mass is 10.1. The predicted octanol–water partition coefficient (Wildman–Crippen LogP) is 2.63. The second-order valence-corrected chi connectivity index (χ2v) is 9.08. The summed E-state index contributed by atoms with van der Waals surface area (Å²) >= 11 is 0. The summed E-state index contributed by atoms with van der Waals surface area (Å²) in [7, 11) is 0.109. The van der Waals surface area contributed by atoms with E-state index < -0.39 is 16.8 Å². The first-order chi connectivity index (χ1) is 15.5. The number of morpholine rings is 1. The SMILES string of the molecule is COC(=O)c1cc(-c2nc(N3CCOCC3C)c3ccc(S(C)=O)n3n2)c2cc[nH]c2c1. The highest BCUT2D eigenvalue weighted by Crippen LogP contribution is 2.32. The van der Waals surface area contributed by atoms with Crippen molar-refractivity contribution in [1.29, 1.82) is 0 Å². The van der Waals surface area contributed by atoms with E-state index in [1.165, 1.54) is 7.11 Å². The number of fused-ring (bicyclic) bond motifs is 2. The molecule has 4 aromatic rings. The molecule has 32 heavy (non-hydrogen) atoms. The number of hydrogen-bond acceptors (Lipinski definition) is 7. The summed E-state index contributed by atoms with van der Waals surface area (Å²) in [6.07, 6.45) is 3.43. The third kappa shape index (κ3) is 3.35. The second-order valence-electron chi connectivity index (χ2n) is 7.75. The number of nitrogens with zero attached hydrogens (tertiary/aromatic N) is 4. The van der Waals surface area contributed by atoms with Crippen molar-refractivity contribution in [3.05, 3.63) is 42.1 Å². The standard InChI is InChI=1S/C22H23N5O4S/c1-13-12-31-9-8-26(13)21-18-4-5-19(32(3)29)27(18)25-20(24-21)16-10-14(22(28)30-2)11-17-15(16)6-7-23-17/h4-7,10-11,13,23H,8-9,12H2,1-3H3. The highest BCUT2D eigenvalue weighted by Gasteiger charge is 2.26. The van der Waals surface area contributed by atoms with Crippen LogP contribution in [-0.2, 0) is 20.3 Å². The van der Waals surface area contributed by atoms with E-state index in [2.05, 4.69) is 16.8 Å². The van der Waals surface area contributed by atoms with Gasteiger partial charge < -0.3 is 19.4 Å². The Morgan fingerprint density at radius 3 is 2.91 bits per heavy atom. The van der Waals surface area contributed by atoms with Gasteiger partial charge in [0.2, 0.25) is 0 Å². The van der Waals surface area contributed by atoms with Gasteiger partial charge in [0.25, 0.3) is 0 Å². The van der Waals surface area contributed by atoms with Gasteiger partial charge in [-0.15, -0.1) is 5.10 Å². The van der Waals surface area contributed by atoms with Crippen molar-refractivity contribution in [3.8, 4) is 11.4 Å². The molecule has 0 bridgehead atoms. The molecule has 2 unspecified atom stereocenters. The van der Waals surface area contributed by atoms with Crippen molar-refractivity contribution < 1.29 is 18.5 Å². The normalized spacial score (nSPS) is 17.7. The van der Waals surface area contributed by atoms with Crippen LogP contribution in [0, 0.1) is 0 Å². The Morgan fingerprint density at radius 2 is 2.16 bits per heavy atom. The fourth-order valence-electron chi connectivity index (χ4n) is 4.13. The maximum absolute atomic E-state index is 12.4. The van der Waals surface area contributed by atoms with Crippen LogP contribution in [0.15, 0.2) is 41.6 Å². The van der Waals surface area contributed by atoms with Crippen LogP contribution < -0.4 is 4.90 Å². The van der Waals surface area contributed by atoms with Gasteiger partial charge in [-0.05, 0) is 37.3 Å². The zero-order valence-corrected chi connectivity index (χ0v) is 18.8. The third-order valence-corrected chi connectivity index (χ3v) is 6.62. The molecule has 0 saturated carbocycles. The zero-order valence-electron chi connectivity index (χ0n) is 18.0. The van der Waals surface area contributed by atoms with Crippen molar-refractivity contribution >= 4 is 39.0 Å². The van der Waals surface area contributed by atoms with E-state index >= 15 is 0 Å². The van der Waals surface area contributed by atoms with Gasteiger partial charge in [-0.25, -0.2) is 14.3 Å². The van der Waals surface area contributed by atoms with E-state index in [4.69, 9.17) is 19.6 Å². The second kappa shape index (κ2) is 8.03. The van der Waals surface area contributed by atoms with Crippen LogP contribution in [0.4, 0.5) is 5.82 Å². The smallest absolute Gasteiger partial charge is 0.337 e. The number of methoxy groups -OCH3 is 1. The molecule has 9 nitrogen and oxygen atoms in total. The maximum atomic E-state index is 12.4. The van der Waals surface area contributed by atoms with Crippen molar-refractivity contribution in [2.45, 2.75) is 18.0 Å². The van der Waals surface area contributed by atoms with E-state index in [1.54, 1.807) is 29.1 Å². The Balaban J connectivity index is 1.80. The number of esters is 1. The molecule has 1 aromatic carbocycles. The van der Waals surface area contributed by atoms with Crippen LogP contribution >= 0.6 is 0 Å². The number of hydrogen-bond donors (Lipinski definition) is 1. The quantitative estimate of drug-likeness (QED) is 0.474. The predicted molar refractivity (Wildman–Crippen MR) is 122 cm³/mol. The molecular weight excluding hydrogens is 430 g/mol. The monoisotopic (exact) mass is 453 g/mol. The van der Waals surface area contributed by atoms with Gasteiger partial charge in [0.15, 0.2) is 11.6 Å². The molecule has 3 aromatic heterocycles. The topological polar surface area (TPSA) is 102 Å². The Morgan fingerprint density at radius 1 is 1.31 bits per heavy atom. The molecule has 0 spiro atoms. The van der Waals surface area contributed by atoms with E-state index in [1.807, 2.05) is 18.2 Å². The van der Waals surface area contributed by atoms with E-state index in [-0.39, 0.29) is 6.04 Å². The first-order valence-electron chi connectivity index (χ1n) is 10.3. The van der Waals surface area contributed by atoms with Crippen molar-refractivity contribution in [1.82, 2.24) is 19.6 Å². The Hall–Kier alpha value is -3.24. The van der Waals surface area contributed by atoms with Gasteiger partial charge in [0, 0.05) is 35.5 Å². The molecule has 5 rings (SSSR count). The number of ether oxygens (including phenoxy) is 2. The van der Waals surface area contributed by atoms with Gasteiger partial charge in [-0.1, -0.05) is 0 Å². The average Bonchev–Trinajstić information content (AvgIpc) is 3.44.